The second-order valence-corrected chi connectivity index (χ2v) is 6.42. The molecule has 92 valence electrons. The maximum Gasteiger partial charge on any atom is 0.0968 e. The van der Waals surface area contributed by atoms with E-state index in [0.29, 0.717) is 12.0 Å². The number of nitrogens with one attached hydrogen (secondary N) is 1. The van der Waals surface area contributed by atoms with Crippen molar-refractivity contribution in [1.29, 1.82) is 0 Å². The van der Waals surface area contributed by atoms with E-state index in [1.54, 1.807) is 0 Å². The summed E-state index contributed by atoms with van der Waals surface area (Å²) in [7, 11) is 0. The molecule has 1 aromatic heterocycles. The van der Waals surface area contributed by atoms with Gasteiger partial charge < -0.3 is 5.32 Å². The SMILES string of the molecule is Cc1cnc(C(C)CNC(C)CC(C)C)s1. The highest BCUT2D eigenvalue weighted by Gasteiger charge is 2.11. The van der Waals surface area contributed by atoms with Gasteiger partial charge in [0.05, 0.1) is 5.01 Å². The highest BCUT2D eigenvalue weighted by molar-refractivity contribution is 7.11. The van der Waals surface area contributed by atoms with Gasteiger partial charge in [0, 0.05) is 29.6 Å². The van der Waals surface area contributed by atoms with Gasteiger partial charge >= 0.3 is 0 Å². The van der Waals surface area contributed by atoms with Gasteiger partial charge in [0.1, 0.15) is 0 Å². The minimum absolute atomic E-state index is 0.522. The Morgan fingerprint density at radius 2 is 2.00 bits per heavy atom. The summed E-state index contributed by atoms with van der Waals surface area (Å²) in [6.45, 7) is 12.2. The van der Waals surface area contributed by atoms with E-state index in [2.05, 4.69) is 44.9 Å². The quantitative estimate of drug-likeness (QED) is 0.822. The van der Waals surface area contributed by atoms with Crippen LogP contribution in [0.15, 0.2) is 6.20 Å². The molecule has 0 aromatic carbocycles. The van der Waals surface area contributed by atoms with E-state index in [1.165, 1.54) is 16.3 Å². The molecule has 1 rings (SSSR count). The summed E-state index contributed by atoms with van der Waals surface area (Å²) in [6.07, 6.45) is 3.21. The average Bonchev–Trinajstić information content (AvgIpc) is 2.60. The van der Waals surface area contributed by atoms with E-state index >= 15 is 0 Å². The molecule has 16 heavy (non-hydrogen) atoms. The van der Waals surface area contributed by atoms with Crippen LogP contribution in [0.1, 0.15) is 49.9 Å². The Labute approximate surface area is 103 Å². The van der Waals surface area contributed by atoms with Crippen molar-refractivity contribution in [1.82, 2.24) is 10.3 Å². The molecule has 0 aliphatic rings. The van der Waals surface area contributed by atoms with Crippen LogP contribution in [0.25, 0.3) is 0 Å². The summed E-state index contributed by atoms with van der Waals surface area (Å²) < 4.78 is 0. The van der Waals surface area contributed by atoms with Crippen molar-refractivity contribution in [2.75, 3.05) is 6.54 Å². The van der Waals surface area contributed by atoms with Crippen molar-refractivity contribution < 1.29 is 0 Å². The van der Waals surface area contributed by atoms with Gasteiger partial charge in [-0.3, -0.25) is 0 Å². The maximum absolute atomic E-state index is 4.43. The van der Waals surface area contributed by atoms with Crippen molar-refractivity contribution in [3.63, 3.8) is 0 Å². The second kappa shape index (κ2) is 6.36. The Morgan fingerprint density at radius 1 is 1.31 bits per heavy atom. The molecular weight excluding hydrogens is 216 g/mol. The number of aromatic nitrogens is 1. The largest absolute Gasteiger partial charge is 0.314 e. The molecule has 1 aromatic rings. The number of thiazole rings is 1. The summed E-state index contributed by atoms with van der Waals surface area (Å²) >= 11 is 1.81. The van der Waals surface area contributed by atoms with E-state index in [4.69, 9.17) is 0 Å². The fraction of sp³-hybridized carbons (Fsp3) is 0.769. The molecule has 0 aliphatic heterocycles. The first-order chi connectivity index (χ1) is 7.49. The van der Waals surface area contributed by atoms with Gasteiger partial charge in [-0.2, -0.15) is 0 Å². The van der Waals surface area contributed by atoms with E-state index in [1.807, 2.05) is 17.5 Å². The summed E-state index contributed by atoms with van der Waals surface area (Å²) in [5.74, 6) is 1.29. The zero-order chi connectivity index (χ0) is 12.1. The fourth-order valence-electron chi connectivity index (χ4n) is 1.86. The van der Waals surface area contributed by atoms with E-state index in [-0.39, 0.29) is 0 Å². The van der Waals surface area contributed by atoms with Gasteiger partial charge in [0.2, 0.25) is 0 Å². The molecule has 0 bridgehead atoms. The molecule has 2 nitrogen and oxygen atoms in total. The zero-order valence-electron chi connectivity index (χ0n) is 11.1. The highest BCUT2D eigenvalue weighted by atomic mass is 32.1. The van der Waals surface area contributed by atoms with Crippen LogP contribution in [-0.4, -0.2) is 17.6 Å². The normalized spacial score (nSPS) is 15.4. The van der Waals surface area contributed by atoms with Crippen LogP contribution in [-0.2, 0) is 0 Å². The van der Waals surface area contributed by atoms with Crippen LogP contribution >= 0.6 is 11.3 Å². The molecule has 0 saturated carbocycles. The van der Waals surface area contributed by atoms with Crippen LogP contribution in [0.5, 0.6) is 0 Å². The number of rotatable bonds is 6. The smallest absolute Gasteiger partial charge is 0.0968 e. The van der Waals surface area contributed by atoms with Crippen molar-refractivity contribution in [3.8, 4) is 0 Å². The molecular formula is C13H24N2S. The van der Waals surface area contributed by atoms with Crippen LogP contribution in [0, 0.1) is 12.8 Å². The minimum atomic E-state index is 0.522. The monoisotopic (exact) mass is 240 g/mol. The van der Waals surface area contributed by atoms with E-state index in [0.717, 1.165) is 12.5 Å². The Morgan fingerprint density at radius 3 is 2.50 bits per heavy atom. The Hall–Kier alpha value is -0.410. The third-order valence-electron chi connectivity index (χ3n) is 2.66. The minimum Gasteiger partial charge on any atom is -0.314 e. The Bertz CT molecular complexity index is 307. The first kappa shape index (κ1) is 13.7. The number of hydrogen-bond donors (Lipinski definition) is 1. The van der Waals surface area contributed by atoms with Gasteiger partial charge in [0.25, 0.3) is 0 Å². The topological polar surface area (TPSA) is 24.9 Å². The molecule has 0 saturated heterocycles. The maximum atomic E-state index is 4.43. The highest BCUT2D eigenvalue weighted by Crippen LogP contribution is 2.20. The van der Waals surface area contributed by atoms with Crippen LogP contribution in [0.2, 0.25) is 0 Å². The standard InChI is InChI=1S/C13H24N2S/c1-9(2)6-11(4)14-7-10(3)13-15-8-12(5)16-13/h8-11,14H,6-7H2,1-5H3. The van der Waals surface area contributed by atoms with Gasteiger partial charge in [-0.15, -0.1) is 11.3 Å². The van der Waals surface area contributed by atoms with Gasteiger partial charge in [-0.05, 0) is 26.2 Å². The first-order valence-electron chi connectivity index (χ1n) is 6.14. The van der Waals surface area contributed by atoms with E-state index < -0.39 is 0 Å². The van der Waals surface area contributed by atoms with E-state index in [9.17, 15) is 0 Å². The summed E-state index contributed by atoms with van der Waals surface area (Å²) in [5, 5.41) is 4.84. The summed E-state index contributed by atoms with van der Waals surface area (Å²) in [6, 6.07) is 0.600. The predicted molar refractivity (Wildman–Crippen MR) is 72.2 cm³/mol. The third-order valence-corrected chi connectivity index (χ3v) is 3.80. The molecule has 2 atom stereocenters. The van der Waals surface area contributed by atoms with Gasteiger partial charge in [-0.1, -0.05) is 20.8 Å². The van der Waals surface area contributed by atoms with Crippen LogP contribution in [0.4, 0.5) is 0 Å². The van der Waals surface area contributed by atoms with Gasteiger partial charge in [0.15, 0.2) is 0 Å². The molecule has 0 aliphatic carbocycles. The molecule has 0 fully saturated rings. The average molecular weight is 240 g/mol. The van der Waals surface area contributed by atoms with Crippen molar-refractivity contribution in [3.05, 3.63) is 16.1 Å². The van der Waals surface area contributed by atoms with Crippen molar-refractivity contribution >= 4 is 11.3 Å². The van der Waals surface area contributed by atoms with Gasteiger partial charge in [-0.25, -0.2) is 4.98 Å². The second-order valence-electron chi connectivity index (χ2n) is 5.15. The lowest BCUT2D eigenvalue weighted by Gasteiger charge is -2.18. The van der Waals surface area contributed by atoms with Crippen molar-refractivity contribution in [2.24, 2.45) is 5.92 Å². The fourth-order valence-corrected chi connectivity index (χ4v) is 2.68. The van der Waals surface area contributed by atoms with Crippen LogP contribution in [0.3, 0.4) is 0 Å². The molecule has 0 spiro atoms. The molecule has 3 heteroatoms. The Kier molecular flexibility index (Phi) is 5.42. The lowest BCUT2D eigenvalue weighted by atomic mass is 10.0. The predicted octanol–water partition coefficient (Wildman–Crippen LogP) is 3.58. The van der Waals surface area contributed by atoms with Crippen LogP contribution < -0.4 is 5.32 Å². The Balaban J connectivity index is 2.32. The molecule has 1 N–H and O–H groups in total. The zero-order valence-corrected chi connectivity index (χ0v) is 11.9. The molecule has 1 heterocycles. The molecule has 0 amide bonds. The number of aryl methyl sites for hydroxylation is 1. The number of hydrogen-bond acceptors (Lipinski definition) is 3. The van der Waals surface area contributed by atoms with Crippen molar-refractivity contribution in [2.45, 2.75) is 53.0 Å². The molecule has 0 radical (unpaired) electrons. The summed E-state index contributed by atoms with van der Waals surface area (Å²) in [4.78, 5) is 5.74. The third kappa shape index (κ3) is 4.62. The summed E-state index contributed by atoms with van der Waals surface area (Å²) in [5.41, 5.74) is 0. The number of nitrogens with zero attached hydrogens (tertiary/aromatic N) is 1. The lowest BCUT2D eigenvalue weighted by Crippen LogP contribution is -2.30. The molecule has 2 unspecified atom stereocenters. The lowest BCUT2D eigenvalue weighted by molar-refractivity contribution is 0.432. The first-order valence-corrected chi connectivity index (χ1v) is 6.96.